The molecule has 0 spiro atoms. The highest BCUT2D eigenvalue weighted by atomic mass is 14.9. The largest absolute Gasteiger partial charge is 0.362 e. The molecule has 0 aromatic heterocycles. The quantitative estimate of drug-likeness (QED) is 0.200. The summed E-state index contributed by atoms with van der Waals surface area (Å²) in [5, 5.41) is 7.20. The van der Waals surface area contributed by atoms with Crippen LogP contribution in [0.25, 0.3) is 22.8 Å². The molecule has 226 valence electrons. The van der Waals surface area contributed by atoms with E-state index in [1.54, 1.807) is 0 Å². The van der Waals surface area contributed by atoms with Gasteiger partial charge in [-0.15, -0.1) is 0 Å². The molecule has 3 aliphatic rings. The van der Waals surface area contributed by atoms with E-state index in [4.69, 9.17) is 0 Å². The van der Waals surface area contributed by atoms with Crippen LogP contribution in [-0.2, 0) is 6.42 Å². The van der Waals surface area contributed by atoms with Crippen LogP contribution in [0.5, 0.6) is 0 Å². The van der Waals surface area contributed by atoms with Crippen molar-refractivity contribution in [2.75, 3.05) is 5.32 Å². The van der Waals surface area contributed by atoms with Crippen molar-refractivity contribution in [3.8, 4) is 11.1 Å². The van der Waals surface area contributed by atoms with E-state index in [-0.39, 0.29) is 1.43 Å². The molecule has 4 aromatic rings. The molecule has 1 aliphatic heterocycles. The first-order valence-electron chi connectivity index (χ1n) is 15.9. The molecule has 2 aliphatic carbocycles. The number of hydrogen-bond acceptors (Lipinski definition) is 2. The zero-order chi connectivity index (χ0) is 31.4. The van der Waals surface area contributed by atoms with Gasteiger partial charge in [0.25, 0.3) is 0 Å². The maximum absolute atomic E-state index is 4.42. The summed E-state index contributed by atoms with van der Waals surface area (Å²) < 4.78 is 0. The zero-order valence-electron chi connectivity index (χ0n) is 26.6. The summed E-state index contributed by atoms with van der Waals surface area (Å²) in [6.45, 7) is 10.4. The zero-order valence-corrected chi connectivity index (χ0v) is 26.6. The molecule has 2 nitrogen and oxygen atoms in total. The summed E-state index contributed by atoms with van der Waals surface area (Å²) >= 11 is 0. The van der Waals surface area contributed by atoms with Crippen LogP contribution in [0.4, 0.5) is 5.69 Å². The van der Waals surface area contributed by atoms with Crippen LogP contribution in [0.3, 0.4) is 0 Å². The van der Waals surface area contributed by atoms with Crippen molar-refractivity contribution in [1.29, 1.82) is 0 Å². The Morgan fingerprint density at radius 2 is 1.53 bits per heavy atom. The Balaban J connectivity index is 0.000000292. The topological polar surface area (TPSA) is 24.1 Å². The highest BCUT2D eigenvalue weighted by Crippen LogP contribution is 2.39. The van der Waals surface area contributed by atoms with E-state index >= 15 is 0 Å². The van der Waals surface area contributed by atoms with Gasteiger partial charge < -0.3 is 10.6 Å². The smallest absolute Gasteiger partial charge is 0.0627 e. The van der Waals surface area contributed by atoms with Crippen LogP contribution in [0.2, 0.25) is 0 Å². The molecule has 2 N–H and O–H groups in total. The number of anilines is 1. The molecule has 1 heterocycles. The first-order chi connectivity index (χ1) is 22.2. The van der Waals surface area contributed by atoms with E-state index < -0.39 is 0 Å². The van der Waals surface area contributed by atoms with Gasteiger partial charge in [-0.3, -0.25) is 0 Å². The summed E-state index contributed by atoms with van der Waals surface area (Å²) in [5.74, 6) is 0. The van der Waals surface area contributed by atoms with Gasteiger partial charge >= 0.3 is 0 Å². The summed E-state index contributed by atoms with van der Waals surface area (Å²) in [7, 11) is 0. The fourth-order valence-electron chi connectivity index (χ4n) is 5.69. The Hall–Kier alpha value is -5.34. The number of allylic oxidation sites excluding steroid dienone is 9. The van der Waals surface area contributed by atoms with Gasteiger partial charge in [0.1, 0.15) is 0 Å². The van der Waals surface area contributed by atoms with Crippen LogP contribution >= 0.6 is 0 Å². The third-order valence-electron chi connectivity index (χ3n) is 7.83. The fourth-order valence-corrected chi connectivity index (χ4v) is 5.69. The fraction of sp³-hybridized carbons (Fsp3) is 0.116. The molecule has 4 aromatic carbocycles. The lowest BCUT2D eigenvalue weighted by atomic mass is 9.83. The number of para-hydroxylation sites is 1. The van der Waals surface area contributed by atoms with Crippen molar-refractivity contribution in [3.05, 3.63) is 197 Å². The maximum atomic E-state index is 4.42. The van der Waals surface area contributed by atoms with Gasteiger partial charge in [0.05, 0.1) is 5.70 Å². The summed E-state index contributed by atoms with van der Waals surface area (Å²) in [4.78, 5) is 0. The predicted octanol–water partition coefficient (Wildman–Crippen LogP) is 11.5. The van der Waals surface area contributed by atoms with E-state index in [0.29, 0.717) is 0 Å². The van der Waals surface area contributed by atoms with E-state index in [1.165, 1.54) is 44.7 Å². The minimum absolute atomic E-state index is 0. The molecule has 0 fully saturated rings. The molecular weight excluding hydrogens is 544 g/mol. The van der Waals surface area contributed by atoms with Gasteiger partial charge in [0.2, 0.25) is 0 Å². The summed E-state index contributed by atoms with van der Waals surface area (Å²) in [6.07, 6.45) is 18.7. The van der Waals surface area contributed by atoms with Crippen molar-refractivity contribution in [2.24, 2.45) is 0 Å². The number of nitrogens with one attached hydrogen (secondary N) is 2. The molecule has 0 amide bonds. The Bertz CT molecular complexity index is 1820. The summed E-state index contributed by atoms with van der Waals surface area (Å²) in [5.41, 5.74) is 14.5. The Morgan fingerprint density at radius 3 is 2.31 bits per heavy atom. The van der Waals surface area contributed by atoms with E-state index in [1.807, 2.05) is 63.3 Å². The van der Waals surface area contributed by atoms with Crippen molar-refractivity contribution in [3.63, 3.8) is 0 Å². The van der Waals surface area contributed by atoms with Gasteiger partial charge in [0.15, 0.2) is 0 Å². The molecule has 7 rings (SSSR count). The lowest BCUT2D eigenvalue weighted by Gasteiger charge is -2.25. The van der Waals surface area contributed by atoms with Crippen LogP contribution in [0.1, 0.15) is 50.9 Å². The average molecular weight is 589 g/mol. The molecule has 0 saturated heterocycles. The van der Waals surface area contributed by atoms with Crippen molar-refractivity contribution in [2.45, 2.75) is 33.6 Å². The van der Waals surface area contributed by atoms with Gasteiger partial charge in [0, 0.05) is 36.6 Å². The van der Waals surface area contributed by atoms with Crippen LogP contribution < -0.4 is 10.6 Å². The molecule has 0 saturated carbocycles. The van der Waals surface area contributed by atoms with Crippen molar-refractivity contribution in [1.82, 2.24) is 5.32 Å². The third-order valence-corrected chi connectivity index (χ3v) is 7.83. The molecule has 0 atom stereocenters. The van der Waals surface area contributed by atoms with E-state index in [9.17, 15) is 0 Å². The van der Waals surface area contributed by atoms with Crippen LogP contribution in [0.15, 0.2) is 175 Å². The highest BCUT2D eigenvalue weighted by Gasteiger charge is 2.22. The molecular formula is C43H44N2. The van der Waals surface area contributed by atoms with Gasteiger partial charge in [-0.25, -0.2) is 0 Å². The maximum Gasteiger partial charge on any atom is 0.0627 e. The second kappa shape index (κ2) is 15.4. The Morgan fingerprint density at radius 1 is 0.800 bits per heavy atom. The van der Waals surface area contributed by atoms with Gasteiger partial charge in [-0.1, -0.05) is 148 Å². The molecule has 2 bridgehead atoms. The van der Waals surface area contributed by atoms with Crippen LogP contribution in [0, 0.1) is 0 Å². The van der Waals surface area contributed by atoms with Gasteiger partial charge in [-0.2, -0.15) is 0 Å². The monoisotopic (exact) mass is 588 g/mol. The standard InChI is InChI=1S/C30H24N2.C11H12.C2H6.H2/c1-20-16-28(27-15-14-22-18-23(27)17-21-8-5-6-11-26(21)22)30(32-24-9-3-2-4-10-24)19-31-29-13-7-12-25(20)29;1-2-3-5-8-11-9-6-4-7-10-11;1-2;/h2-12,14-16,18-19,31-32H,1,13,17H2;2-10H,1H3;1-2H3;1H/b28-16-,30-19+;3-2-,8-5-;;. The average Bonchev–Trinajstić information content (AvgIpc) is 3.56. The molecule has 0 unspecified atom stereocenters. The third kappa shape index (κ3) is 7.60. The SMILES string of the molecule is C/C=C\C=C/c1ccccc1.C=C1/C=C(c2ccc3cc2Cc2ccccc2-3)\C(Nc2ccccc2)=C/NC2=C1C=CC2.CC.[HH]. The predicted molar refractivity (Wildman–Crippen MR) is 198 cm³/mol. The summed E-state index contributed by atoms with van der Waals surface area (Å²) in [6, 6.07) is 36.2. The number of rotatable bonds is 5. The minimum atomic E-state index is 0. The lowest BCUT2D eigenvalue weighted by molar-refractivity contribution is 0.986. The first kappa shape index (κ1) is 31.1. The number of hydrogen-bond donors (Lipinski definition) is 2. The van der Waals surface area contributed by atoms with E-state index in [0.717, 1.165) is 35.4 Å². The van der Waals surface area contributed by atoms with Crippen LogP contribution in [-0.4, -0.2) is 0 Å². The van der Waals surface area contributed by atoms with Crippen molar-refractivity contribution < 1.29 is 1.43 Å². The minimum Gasteiger partial charge on any atom is -0.362 e. The molecule has 2 heteroatoms. The van der Waals surface area contributed by atoms with Gasteiger partial charge in [-0.05, 0) is 70.5 Å². The molecule has 45 heavy (non-hydrogen) atoms. The Kier molecular flexibility index (Phi) is 10.6. The van der Waals surface area contributed by atoms with E-state index in [2.05, 4.69) is 127 Å². The normalized spacial score (nSPS) is 16.8. The first-order valence-corrected chi connectivity index (χ1v) is 15.9. The molecule has 0 radical (unpaired) electrons. The Labute approximate surface area is 270 Å². The number of fused-ring (bicyclic) bond motifs is 4. The van der Waals surface area contributed by atoms with Crippen molar-refractivity contribution >= 4 is 17.3 Å². The highest BCUT2D eigenvalue weighted by molar-refractivity contribution is 5.89. The second-order valence-electron chi connectivity index (χ2n) is 10.8. The number of benzene rings is 4. The second-order valence-corrected chi connectivity index (χ2v) is 10.8. The lowest BCUT2D eigenvalue weighted by Crippen LogP contribution is -2.15.